The number of morpholine rings is 1. The molecule has 0 saturated carbocycles. The van der Waals surface area contributed by atoms with Crippen LogP contribution in [-0.2, 0) is 19.6 Å². The molecule has 168 valence electrons. The molecule has 1 saturated heterocycles. The molecule has 1 aliphatic rings. The molecule has 0 atom stereocenters. The number of hydrazine groups is 1. The van der Waals surface area contributed by atoms with E-state index in [9.17, 15) is 18.0 Å². The maximum absolute atomic E-state index is 12.7. The second kappa shape index (κ2) is 9.60. The van der Waals surface area contributed by atoms with Gasteiger partial charge in [0.2, 0.25) is 0 Å². The molecular formula is C18H22N4O7S2. The summed E-state index contributed by atoms with van der Waals surface area (Å²) in [5.41, 5.74) is 3.05. The van der Waals surface area contributed by atoms with Crippen molar-refractivity contribution in [2.75, 3.05) is 37.8 Å². The first-order valence-corrected chi connectivity index (χ1v) is 11.6. The van der Waals surface area contributed by atoms with Crippen molar-refractivity contribution in [3.8, 4) is 5.75 Å². The Balaban J connectivity index is 1.70. The topological polar surface area (TPSA) is 147 Å². The largest absolute Gasteiger partial charge is 0.481 e. The van der Waals surface area contributed by atoms with Gasteiger partial charge in [-0.1, -0.05) is 6.07 Å². The molecule has 0 spiro atoms. The Morgan fingerprint density at radius 1 is 1.29 bits per heavy atom. The molecule has 1 amide bonds. The smallest absolute Gasteiger partial charge is 0.341 e. The van der Waals surface area contributed by atoms with Crippen LogP contribution in [0, 0.1) is 13.8 Å². The molecule has 0 radical (unpaired) electrons. The number of aryl methyl sites for hydroxylation is 1. The number of ether oxygens (including phenoxy) is 2. The maximum Gasteiger partial charge on any atom is 0.341 e. The molecule has 0 bridgehead atoms. The van der Waals surface area contributed by atoms with E-state index in [1.165, 1.54) is 30.4 Å². The molecule has 31 heavy (non-hydrogen) atoms. The van der Waals surface area contributed by atoms with Gasteiger partial charge >= 0.3 is 5.97 Å². The third-order valence-corrected chi connectivity index (χ3v) is 6.78. The normalized spacial score (nSPS) is 14.3. The van der Waals surface area contributed by atoms with Gasteiger partial charge in [-0.15, -0.1) is 16.2 Å². The van der Waals surface area contributed by atoms with Crippen LogP contribution in [0.2, 0.25) is 0 Å². The van der Waals surface area contributed by atoms with Gasteiger partial charge in [-0.2, -0.15) is 0 Å². The number of aromatic nitrogens is 1. The quantitative estimate of drug-likeness (QED) is 0.474. The fourth-order valence-corrected chi connectivity index (χ4v) is 4.90. The molecule has 1 aromatic heterocycles. The average molecular weight is 471 g/mol. The Bertz CT molecular complexity index is 1080. The van der Waals surface area contributed by atoms with Crippen molar-refractivity contribution >= 4 is 38.4 Å². The van der Waals surface area contributed by atoms with E-state index in [2.05, 4.69) is 10.4 Å². The number of carboxylic acid groups (broad SMARTS) is 1. The molecular weight excluding hydrogens is 448 g/mol. The van der Waals surface area contributed by atoms with Crippen LogP contribution < -0.4 is 19.9 Å². The van der Waals surface area contributed by atoms with E-state index < -0.39 is 28.5 Å². The van der Waals surface area contributed by atoms with Gasteiger partial charge in [-0.05, 0) is 25.5 Å². The van der Waals surface area contributed by atoms with Gasteiger partial charge < -0.3 is 19.5 Å². The van der Waals surface area contributed by atoms with Crippen molar-refractivity contribution in [1.82, 2.24) is 15.2 Å². The Hall–Kier alpha value is -2.74. The summed E-state index contributed by atoms with van der Waals surface area (Å²) in [5.74, 6) is -1.73. The third-order valence-electron chi connectivity index (χ3n) is 4.49. The molecule has 3 rings (SSSR count). The molecule has 13 heteroatoms. The van der Waals surface area contributed by atoms with Crippen LogP contribution in [0.15, 0.2) is 22.4 Å². The summed E-state index contributed by atoms with van der Waals surface area (Å²) in [7, 11) is -4.15. The number of carbonyl (C=O) groups is 2. The lowest BCUT2D eigenvalue weighted by molar-refractivity contribution is -0.139. The van der Waals surface area contributed by atoms with Gasteiger partial charge in [0.1, 0.15) is 11.4 Å². The number of nitrogens with one attached hydrogen (secondary N) is 2. The Morgan fingerprint density at radius 2 is 2.00 bits per heavy atom. The van der Waals surface area contributed by atoms with Crippen molar-refractivity contribution < 1.29 is 32.6 Å². The number of amides is 1. The van der Waals surface area contributed by atoms with E-state index >= 15 is 0 Å². The van der Waals surface area contributed by atoms with Gasteiger partial charge in [0, 0.05) is 24.0 Å². The van der Waals surface area contributed by atoms with Crippen molar-refractivity contribution in [3.63, 3.8) is 0 Å². The maximum atomic E-state index is 12.7. The molecule has 11 nitrogen and oxygen atoms in total. The predicted molar refractivity (Wildman–Crippen MR) is 112 cm³/mol. The molecule has 1 fully saturated rings. The minimum absolute atomic E-state index is 0.0836. The van der Waals surface area contributed by atoms with E-state index in [0.29, 0.717) is 37.0 Å². The first-order valence-electron chi connectivity index (χ1n) is 9.24. The average Bonchev–Trinajstić information content (AvgIpc) is 3.22. The highest BCUT2D eigenvalue weighted by atomic mass is 32.2. The summed E-state index contributed by atoms with van der Waals surface area (Å²) in [6.07, 6.45) is 0. The number of sulfonamides is 1. The molecule has 1 aliphatic heterocycles. The first-order chi connectivity index (χ1) is 14.7. The van der Waals surface area contributed by atoms with Crippen LogP contribution in [0.25, 0.3) is 0 Å². The summed E-state index contributed by atoms with van der Waals surface area (Å²) in [4.78, 5) is 31.3. The van der Waals surface area contributed by atoms with Crippen molar-refractivity contribution in [1.29, 1.82) is 0 Å². The van der Waals surface area contributed by atoms with E-state index in [-0.39, 0.29) is 21.9 Å². The van der Waals surface area contributed by atoms with Crippen molar-refractivity contribution in [3.05, 3.63) is 34.3 Å². The summed E-state index contributed by atoms with van der Waals surface area (Å²) < 4.78 is 35.9. The Labute approximate surface area is 183 Å². The lowest BCUT2D eigenvalue weighted by Crippen LogP contribution is -2.42. The Kier molecular flexibility index (Phi) is 7.10. The fraction of sp³-hybridized carbons (Fsp3) is 0.389. The highest BCUT2D eigenvalue weighted by molar-refractivity contribution is 7.89. The van der Waals surface area contributed by atoms with E-state index in [1.807, 2.05) is 9.73 Å². The zero-order chi connectivity index (χ0) is 22.6. The number of rotatable bonds is 8. The van der Waals surface area contributed by atoms with Gasteiger partial charge in [0.25, 0.3) is 15.9 Å². The highest BCUT2D eigenvalue weighted by Crippen LogP contribution is 2.29. The predicted octanol–water partition coefficient (Wildman–Crippen LogP) is 0.683. The lowest BCUT2D eigenvalue weighted by Gasteiger charge is -2.25. The highest BCUT2D eigenvalue weighted by Gasteiger charge is 2.23. The molecule has 1 aromatic carbocycles. The van der Waals surface area contributed by atoms with E-state index in [1.54, 1.807) is 12.3 Å². The van der Waals surface area contributed by atoms with Crippen LogP contribution in [0.5, 0.6) is 5.75 Å². The molecule has 2 heterocycles. The fourth-order valence-electron chi connectivity index (χ4n) is 2.96. The number of carbonyl (C=O) groups excluding carboxylic acids is 1. The first kappa shape index (κ1) is 22.9. The second-order valence-corrected chi connectivity index (χ2v) is 9.18. The minimum Gasteiger partial charge on any atom is -0.481 e. The number of anilines is 1. The number of hydrogen-bond donors (Lipinski definition) is 3. The number of carboxylic acids is 1. The summed E-state index contributed by atoms with van der Waals surface area (Å²) in [6, 6.07) is 2.85. The molecule has 2 aromatic rings. The SMILES string of the molecule is Cc1ccc(S(=O)(=O)NNC(=O)c2csc(N3CCOCC3)n2)c(C)c1OCC(=O)O. The number of benzene rings is 1. The molecule has 0 unspecified atom stereocenters. The van der Waals surface area contributed by atoms with Gasteiger partial charge in [0.05, 0.1) is 18.1 Å². The van der Waals surface area contributed by atoms with Gasteiger partial charge in [0.15, 0.2) is 11.7 Å². The van der Waals surface area contributed by atoms with Crippen LogP contribution >= 0.6 is 11.3 Å². The van der Waals surface area contributed by atoms with Crippen molar-refractivity contribution in [2.45, 2.75) is 18.7 Å². The summed E-state index contributed by atoms with van der Waals surface area (Å²) in [6.45, 7) is 5.05. The number of nitrogens with zero attached hydrogens (tertiary/aromatic N) is 2. The van der Waals surface area contributed by atoms with E-state index in [0.717, 1.165) is 0 Å². The van der Waals surface area contributed by atoms with Crippen LogP contribution in [-0.4, -0.2) is 63.3 Å². The standard InChI is InChI=1S/C18H22N4O7S2/c1-11-3-4-14(12(2)16(11)29-9-15(23)24)31(26,27)21-20-17(25)13-10-30-18(19-13)22-5-7-28-8-6-22/h3-4,10,21H,5-9H2,1-2H3,(H,20,25)(H,23,24). The molecule has 0 aliphatic carbocycles. The van der Waals surface area contributed by atoms with Gasteiger partial charge in [-0.25, -0.2) is 18.2 Å². The zero-order valence-electron chi connectivity index (χ0n) is 16.9. The van der Waals surface area contributed by atoms with E-state index in [4.69, 9.17) is 14.6 Å². The van der Waals surface area contributed by atoms with Crippen LogP contribution in [0.3, 0.4) is 0 Å². The lowest BCUT2D eigenvalue weighted by atomic mass is 10.1. The summed E-state index contributed by atoms with van der Waals surface area (Å²) >= 11 is 1.28. The zero-order valence-corrected chi connectivity index (χ0v) is 18.5. The van der Waals surface area contributed by atoms with Crippen LogP contribution in [0.4, 0.5) is 5.13 Å². The molecule has 3 N–H and O–H groups in total. The second-order valence-electron chi connectivity index (χ2n) is 6.69. The third kappa shape index (κ3) is 5.50. The van der Waals surface area contributed by atoms with Gasteiger partial charge in [-0.3, -0.25) is 10.2 Å². The number of aliphatic carboxylic acids is 1. The monoisotopic (exact) mass is 470 g/mol. The number of thiazole rings is 1. The minimum atomic E-state index is -4.15. The van der Waals surface area contributed by atoms with Crippen molar-refractivity contribution in [2.24, 2.45) is 0 Å². The Morgan fingerprint density at radius 3 is 2.68 bits per heavy atom. The van der Waals surface area contributed by atoms with Crippen LogP contribution in [0.1, 0.15) is 21.6 Å². The number of hydrogen-bond acceptors (Lipinski definition) is 9. The summed E-state index contributed by atoms with van der Waals surface area (Å²) in [5, 5.41) is 11.0.